The van der Waals surface area contributed by atoms with Crippen LogP contribution in [0.1, 0.15) is 25.1 Å². The van der Waals surface area contributed by atoms with Crippen LogP contribution < -0.4 is 0 Å². The van der Waals surface area contributed by atoms with Crippen LogP contribution in [0.4, 0.5) is 0 Å². The Morgan fingerprint density at radius 3 is 2.91 bits per heavy atom. The molecule has 1 N–H and O–H groups in total. The first kappa shape index (κ1) is 16.0. The average Bonchev–Trinajstić information content (AvgIpc) is 3.11. The van der Waals surface area contributed by atoms with Crippen molar-refractivity contribution in [3.63, 3.8) is 0 Å². The minimum Gasteiger partial charge on any atom is -0.480 e. The van der Waals surface area contributed by atoms with Gasteiger partial charge in [-0.2, -0.15) is 0 Å². The Kier molecular flexibility index (Phi) is 4.41. The third-order valence-electron chi connectivity index (χ3n) is 3.61. The molecule has 2 aromatic heterocycles. The van der Waals surface area contributed by atoms with E-state index in [1.807, 2.05) is 17.5 Å². The van der Waals surface area contributed by atoms with Crippen LogP contribution in [0, 0.1) is 11.3 Å². The Morgan fingerprint density at radius 2 is 2.22 bits per heavy atom. The molecule has 0 aliphatic heterocycles. The first-order chi connectivity index (χ1) is 11.0. The normalized spacial score (nSPS) is 11.3. The van der Waals surface area contributed by atoms with Crippen molar-refractivity contribution in [2.24, 2.45) is 5.92 Å². The number of rotatable bonds is 4. The highest BCUT2D eigenvalue weighted by Crippen LogP contribution is 2.30. The van der Waals surface area contributed by atoms with E-state index in [2.05, 4.69) is 35.7 Å². The number of thiazole rings is 1. The van der Waals surface area contributed by atoms with Crippen LogP contribution in [0.3, 0.4) is 0 Å². The molecule has 0 radical (unpaired) electrons. The van der Waals surface area contributed by atoms with E-state index in [1.54, 1.807) is 0 Å². The molecule has 0 unspecified atom stereocenters. The van der Waals surface area contributed by atoms with E-state index in [0.717, 1.165) is 17.1 Å². The van der Waals surface area contributed by atoms with Crippen molar-refractivity contribution >= 4 is 39.7 Å². The van der Waals surface area contributed by atoms with Gasteiger partial charge in [0.25, 0.3) is 0 Å². The van der Waals surface area contributed by atoms with Gasteiger partial charge in [0.15, 0.2) is 5.13 Å². The van der Waals surface area contributed by atoms with Crippen LogP contribution in [-0.2, 0) is 11.2 Å². The highest BCUT2D eigenvalue weighted by atomic mass is 35.5. The van der Waals surface area contributed by atoms with Crippen molar-refractivity contribution in [3.05, 3.63) is 46.1 Å². The zero-order chi connectivity index (χ0) is 16.6. The molecule has 120 valence electrons. The zero-order valence-corrected chi connectivity index (χ0v) is 14.8. The maximum absolute atomic E-state index is 7.74. The number of benzene rings is 1. The fourth-order valence-corrected chi connectivity index (χ4v) is 3.57. The molecule has 0 atom stereocenters. The number of halogens is 1. The molecule has 0 amide bonds. The van der Waals surface area contributed by atoms with Crippen molar-refractivity contribution in [1.29, 1.82) is 5.41 Å². The second-order valence-corrected chi connectivity index (χ2v) is 7.11. The quantitative estimate of drug-likeness (QED) is 0.538. The molecule has 0 fully saturated rings. The van der Waals surface area contributed by atoms with Crippen molar-refractivity contribution in [2.75, 3.05) is 7.11 Å². The Labute approximate surface area is 144 Å². The zero-order valence-electron chi connectivity index (χ0n) is 13.3. The molecule has 23 heavy (non-hydrogen) atoms. The smallest absolute Gasteiger partial charge is 0.233 e. The highest BCUT2D eigenvalue weighted by Gasteiger charge is 2.15. The number of hydrogen-bond donors (Lipinski definition) is 1. The summed E-state index contributed by atoms with van der Waals surface area (Å²) in [7, 11) is 1.48. The topological polar surface area (TPSA) is 50.9 Å². The molecule has 4 nitrogen and oxygen atoms in total. The molecule has 1 aromatic carbocycles. The van der Waals surface area contributed by atoms with Gasteiger partial charge in [0.1, 0.15) is 5.69 Å². The van der Waals surface area contributed by atoms with Crippen molar-refractivity contribution in [2.45, 2.75) is 20.3 Å². The number of hydrogen-bond acceptors (Lipinski definition) is 4. The Bertz CT molecular complexity index is 866. The predicted octanol–water partition coefficient (Wildman–Crippen LogP) is 4.91. The number of aromatic nitrogens is 2. The summed E-state index contributed by atoms with van der Waals surface area (Å²) < 4.78 is 7.00. The number of methoxy groups -OCH3 is 1. The molecule has 0 spiro atoms. The van der Waals surface area contributed by atoms with Crippen molar-refractivity contribution in [1.82, 2.24) is 9.55 Å². The number of nitrogens with zero attached hydrogens (tertiary/aromatic N) is 2. The fourth-order valence-electron chi connectivity index (χ4n) is 2.62. The molecule has 0 aliphatic carbocycles. The fraction of sp³-hybridized carbons (Fsp3) is 0.294. The molecule has 0 saturated carbocycles. The van der Waals surface area contributed by atoms with Gasteiger partial charge in [-0.15, -0.1) is 11.3 Å². The van der Waals surface area contributed by atoms with Gasteiger partial charge in [-0.1, -0.05) is 31.5 Å². The minimum absolute atomic E-state index is 0.0735. The van der Waals surface area contributed by atoms with E-state index in [9.17, 15) is 0 Å². The molecule has 0 aliphatic rings. The van der Waals surface area contributed by atoms with E-state index in [-0.39, 0.29) is 5.90 Å². The predicted molar refractivity (Wildman–Crippen MR) is 96.3 cm³/mol. The standard InChI is InChI=1S/C17H18ClN3OS/c1-10(2)6-11-8-21(15-7-12(18)4-5-13(11)15)17-20-14(9-23-17)16(19)22-3/h4-5,7-10,19H,6H2,1-3H3. The van der Waals surface area contributed by atoms with Crippen LogP contribution in [0.25, 0.3) is 16.0 Å². The lowest BCUT2D eigenvalue weighted by Crippen LogP contribution is -2.02. The summed E-state index contributed by atoms with van der Waals surface area (Å²) in [5, 5.41) is 12.3. The summed E-state index contributed by atoms with van der Waals surface area (Å²) in [6, 6.07) is 5.95. The SMILES string of the molecule is COC(=N)c1csc(-n2cc(CC(C)C)c3ccc(Cl)cc32)n1. The van der Waals surface area contributed by atoms with Gasteiger partial charge in [0.2, 0.25) is 5.90 Å². The lowest BCUT2D eigenvalue weighted by Gasteiger charge is -2.02. The largest absolute Gasteiger partial charge is 0.480 e. The van der Waals surface area contributed by atoms with Gasteiger partial charge >= 0.3 is 0 Å². The summed E-state index contributed by atoms with van der Waals surface area (Å²) in [6.45, 7) is 4.42. The first-order valence-corrected chi connectivity index (χ1v) is 8.63. The molecule has 0 saturated heterocycles. The van der Waals surface area contributed by atoms with Gasteiger partial charge in [0, 0.05) is 22.0 Å². The third-order valence-corrected chi connectivity index (χ3v) is 4.69. The summed E-state index contributed by atoms with van der Waals surface area (Å²) >= 11 is 7.67. The number of ether oxygens (including phenoxy) is 1. The Morgan fingerprint density at radius 1 is 1.43 bits per heavy atom. The maximum atomic E-state index is 7.74. The lowest BCUT2D eigenvalue weighted by atomic mass is 10.0. The van der Waals surface area contributed by atoms with E-state index in [1.165, 1.54) is 29.4 Å². The van der Waals surface area contributed by atoms with Gasteiger partial charge < -0.3 is 4.74 Å². The summed E-state index contributed by atoms with van der Waals surface area (Å²) in [5.74, 6) is 0.641. The lowest BCUT2D eigenvalue weighted by molar-refractivity contribution is 0.400. The average molecular weight is 348 g/mol. The summed E-state index contributed by atoms with van der Waals surface area (Å²) in [6.07, 6.45) is 3.12. The number of fused-ring (bicyclic) bond motifs is 1. The third kappa shape index (κ3) is 3.12. The van der Waals surface area contributed by atoms with E-state index >= 15 is 0 Å². The van der Waals surface area contributed by atoms with Crippen molar-refractivity contribution < 1.29 is 4.74 Å². The van der Waals surface area contributed by atoms with Crippen LogP contribution in [-0.4, -0.2) is 22.6 Å². The van der Waals surface area contributed by atoms with Gasteiger partial charge in [-0.3, -0.25) is 9.98 Å². The van der Waals surface area contributed by atoms with E-state index in [4.69, 9.17) is 21.7 Å². The molecule has 6 heteroatoms. The summed E-state index contributed by atoms with van der Waals surface area (Å²) in [4.78, 5) is 4.51. The minimum atomic E-state index is 0.0735. The monoisotopic (exact) mass is 347 g/mol. The van der Waals surface area contributed by atoms with E-state index in [0.29, 0.717) is 16.6 Å². The molecule has 3 rings (SSSR count). The molecule has 0 bridgehead atoms. The Hall–Kier alpha value is -1.85. The molecular formula is C17H18ClN3OS. The first-order valence-electron chi connectivity index (χ1n) is 7.38. The van der Waals surface area contributed by atoms with Crippen molar-refractivity contribution in [3.8, 4) is 5.13 Å². The second-order valence-electron chi connectivity index (χ2n) is 5.83. The van der Waals surface area contributed by atoms with Crippen LogP contribution in [0.2, 0.25) is 5.02 Å². The molecule has 3 aromatic rings. The number of nitrogens with one attached hydrogen (secondary N) is 1. The highest BCUT2D eigenvalue weighted by molar-refractivity contribution is 7.12. The molecular weight excluding hydrogens is 330 g/mol. The molecule has 2 heterocycles. The maximum Gasteiger partial charge on any atom is 0.233 e. The van der Waals surface area contributed by atoms with Gasteiger partial charge in [-0.05, 0) is 30.0 Å². The second kappa shape index (κ2) is 6.34. The van der Waals surface area contributed by atoms with Gasteiger partial charge in [-0.25, -0.2) is 4.98 Å². The van der Waals surface area contributed by atoms with Crippen LogP contribution >= 0.6 is 22.9 Å². The van der Waals surface area contributed by atoms with Gasteiger partial charge in [0.05, 0.1) is 12.6 Å². The van der Waals surface area contributed by atoms with Crippen LogP contribution in [0.15, 0.2) is 29.8 Å². The summed E-state index contributed by atoms with van der Waals surface area (Å²) in [5.41, 5.74) is 2.87. The Balaban J connectivity index is 2.14. The van der Waals surface area contributed by atoms with E-state index < -0.39 is 0 Å². The van der Waals surface area contributed by atoms with Crippen LogP contribution in [0.5, 0.6) is 0 Å².